The van der Waals surface area contributed by atoms with Crippen LogP contribution in [0, 0.1) is 40.7 Å². The Labute approximate surface area is 137 Å². The Morgan fingerprint density at radius 1 is 0.440 bits per heavy atom. The van der Waals surface area contributed by atoms with E-state index in [2.05, 4.69) is 0 Å². The van der Waals surface area contributed by atoms with Crippen LogP contribution in [-0.2, 0) is 0 Å². The van der Waals surface area contributed by atoms with Crippen LogP contribution in [0.2, 0.25) is 0 Å². The lowest BCUT2D eigenvalue weighted by molar-refractivity contribution is 0.381. The standard InChI is InChI=1S/C18H7F7/c19-11-3-1-2-10(13(11)20)8-4-6-9(7-5-8)12-14(21)16(23)18(25)17(24)15(12)22/h1-7H. The van der Waals surface area contributed by atoms with Crippen LogP contribution in [0.25, 0.3) is 22.3 Å². The lowest BCUT2D eigenvalue weighted by atomic mass is 9.99. The Bertz CT molecular complexity index is 933. The van der Waals surface area contributed by atoms with E-state index >= 15 is 0 Å². The summed E-state index contributed by atoms with van der Waals surface area (Å²) in [6.07, 6.45) is 0. The minimum absolute atomic E-state index is 0.107. The van der Waals surface area contributed by atoms with Gasteiger partial charge in [-0.25, -0.2) is 30.7 Å². The first-order valence-corrected chi connectivity index (χ1v) is 6.89. The zero-order valence-corrected chi connectivity index (χ0v) is 12.2. The molecular weight excluding hydrogens is 349 g/mol. The lowest BCUT2D eigenvalue weighted by Gasteiger charge is -2.10. The summed E-state index contributed by atoms with van der Waals surface area (Å²) in [4.78, 5) is 0. The van der Waals surface area contributed by atoms with Crippen LogP contribution in [0.5, 0.6) is 0 Å². The molecule has 0 heterocycles. The van der Waals surface area contributed by atoms with E-state index in [-0.39, 0.29) is 16.7 Å². The second kappa shape index (κ2) is 6.23. The van der Waals surface area contributed by atoms with Crippen LogP contribution in [0.4, 0.5) is 30.7 Å². The number of hydrogen-bond donors (Lipinski definition) is 0. The van der Waals surface area contributed by atoms with Gasteiger partial charge in [0.15, 0.2) is 34.9 Å². The maximum atomic E-state index is 13.8. The van der Waals surface area contributed by atoms with Crippen LogP contribution in [0.1, 0.15) is 0 Å². The molecule has 25 heavy (non-hydrogen) atoms. The highest BCUT2D eigenvalue weighted by molar-refractivity contribution is 5.71. The van der Waals surface area contributed by atoms with Gasteiger partial charge in [-0.05, 0) is 17.2 Å². The van der Waals surface area contributed by atoms with Gasteiger partial charge in [0.1, 0.15) is 0 Å². The van der Waals surface area contributed by atoms with Crippen LogP contribution < -0.4 is 0 Å². The van der Waals surface area contributed by atoms with Gasteiger partial charge in [-0.3, -0.25) is 0 Å². The minimum atomic E-state index is -2.25. The Morgan fingerprint density at radius 2 is 0.920 bits per heavy atom. The summed E-state index contributed by atoms with van der Waals surface area (Å²) in [5.41, 5.74) is -1.33. The molecule has 0 N–H and O–H groups in total. The second-order valence-corrected chi connectivity index (χ2v) is 5.12. The fraction of sp³-hybridized carbons (Fsp3) is 0. The first kappa shape index (κ1) is 17.0. The molecule has 0 saturated heterocycles. The summed E-state index contributed by atoms with van der Waals surface area (Å²) < 4.78 is 94.2. The van der Waals surface area contributed by atoms with E-state index < -0.39 is 46.3 Å². The summed E-state index contributed by atoms with van der Waals surface area (Å²) in [5, 5.41) is 0. The summed E-state index contributed by atoms with van der Waals surface area (Å²) in [5.74, 6) is -12.5. The summed E-state index contributed by atoms with van der Waals surface area (Å²) in [7, 11) is 0. The normalized spacial score (nSPS) is 11.0. The molecule has 3 aromatic rings. The molecule has 0 fully saturated rings. The maximum Gasteiger partial charge on any atom is 0.200 e. The average molecular weight is 356 g/mol. The van der Waals surface area contributed by atoms with E-state index in [1.54, 1.807) is 0 Å². The quantitative estimate of drug-likeness (QED) is 0.300. The minimum Gasteiger partial charge on any atom is -0.204 e. The Morgan fingerprint density at radius 3 is 1.48 bits per heavy atom. The molecular formula is C18H7F7. The summed E-state index contributed by atoms with van der Waals surface area (Å²) >= 11 is 0. The first-order chi connectivity index (χ1) is 11.8. The van der Waals surface area contributed by atoms with Crippen molar-refractivity contribution in [3.63, 3.8) is 0 Å². The number of benzene rings is 3. The SMILES string of the molecule is Fc1cccc(-c2ccc(-c3c(F)c(F)c(F)c(F)c3F)cc2)c1F. The van der Waals surface area contributed by atoms with Gasteiger partial charge < -0.3 is 0 Å². The van der Waals surface area contributed by atoms with Crippen molar-refractivity contribution in [2.24, 2.45) is 0 Å². The van der Waals surface area contributed by atoms with Crippen molar-refractivity contribution in [2.45, 2.75) is 0 Å². The molecule has 0 spiro atoms. The first-order valence-electron chi connectivity index (χ1n) is 6.89. The van der Waals surface area contributed by atoms with E-state index in [1.807, 2.05) is 0 Å². The Balaban J connectivity index is 2.12. The molecule has 0 nitrogen and oxygen atoms in total. The van der Waals surface area contributed by atoms with Crippen LogP contribution in [-0.4, -0.2) is 0 Å². The average Bonchev–Trinajstić information content (AvgIpc) is 2.61. The molecule has 0 unspecified atom stereocenters. The number of hydrogen-bond acceptors (Lipinski definition) is 0. The molecule has 0 aliphatic rings. The summed E-state index contributed by atoms with van der Waals surface area (Å²) in [6, 6.07) is 7.95. The third-order valence-corrected chi connectivity index (χ3v) is 3.65. The van der Waals surface area contributed by atoms with E-state index in [0.717, 1.165) is 18.2 Å². The van der Waals surface area contributed by atoms with Gasteiger partial charge in [0, 0.05) is 5.56 Å². The zero-order valence-electron chi connectivity index (χ0n) is 12.2. The molecule has 3 rings (SSSR count). The predicted octanol–water partition coefficient (Wildman–Crippen LogP) is 5.99. The van der Waals surface area contributed by atoms with Crippen molar-refractivity contribution in [2.75, 3.05) is 0 Å². The van der Waals surface area contributed by atoms with Gasteiger partial charge in [0.25, 0.3) is 0 Å². The van der Waals surface area contributed by atoms with Crippen LogP contribution in [0.15, 0.2) is 42.5 Å². The molecule has 0 aliphatic heterocycles. The van der Waals surface area contributed by atoms with Gasteiger partial charge >= 0.3 is 0 Å². The molecule has 0 amide bonds. The zero-order chi connectivity index (χ0) is 18.3. The van der Waals surface area contributed by atoms with E-state index in [1.165, 1.54) is 24.3 Å². The Kier molecular flexibility index (Phi) is 4.24. The smallest absolute Gasteiger partial charge is 0.200 e. The Hall–Kier alpha value is -2.83. The second-order valence-electron chi connectivity index (χ2n) is 5.12. The van der Waals surface area contributed by atoms with Gasteiger partial charge in [0.2, 0.25) is 5.82 Å². The third kappa shape index (κ3) is 2.75. The molecule has 3 aromatic carbocycles. The fourth-order valence-corrected chi connectivity index (χ4v) is 2.40. The lowest BCUT2D eigenvalue weighted by Crippen LogP contribution is -2.04. The highest BCUT2D eigenvalue weighted by atomic mass is 19.2. The maximum absolute atomic E-state index is 13.8. The van der Waals surface area contributed by atoms with Gasteiger partial charge in [0.05, 0.1) is 5.56 Å². The molecule has 0 aliphatic carbocycles. The topological polar surface area (TPSA) is 0 Å². The van der Waals surface area contributed by atoms with Crippen molar-refractivity contribution in [1.29, 1.82) is 0 Å². The molecule has 7 heteroatoms. The van der Waals surface area contributed by atoms with Crippen molar-refractivity contribution < 1.29 is 30.7 Å². The molecule has 128 valence electrons. The van der Waals surface area contributed by atoms with E-state index in [0.29, 0.717) is 0 Å². The van der Waals surface area contributed by atoms with Gasteiger partial charge in [-0.15, -0.1) is 0 Å². The van der Waals surface area contributed by atoms with Crippen LogP contribution >= 0.6 is 0 Å². The third-order valence-electron chi connectivity index (χ3n) is 3.65. The molecule has 0 radical (unpaired) electrons. The van der Waals surface area contributed by atoms with E-state index in [9.17, 15) is 30.7 Å². The monoisotopic (exact) mass is 356 g/mol. The molecule has 0 aromatic heterocycles. The van der Waals surface area contributed by atoms with Crippen molar-refractivity contribution >= 4 is 0 Å². The fourth-order valence-electron chi connectivity index (χ4n) is 2.40. The number of halogens is 7. The van der Waals surface area contributed by atoms with Crippen molar-refractivity contribution in [1.82, 2.24) is 0 Å². The van der Waals surface area contributed by atoms with Crippen molar-refractivity contribution in [3.8, 4) is 22.3 Å². The number of rotatable bonds is 2. The molecule has 0 bridgehead atoms. The van der Waals surface area contributed by atoms with E-state index in [4.69, 9.17) is 0 Å². The van der Waals surface area contributed by atoms with Gasteiger partial charge in [-0.1, -0.05) is 36.4 Å². The predicted molar refractivity (Wildman–Crippen MR) is 77.0 cm³/mol. The van der Waals surface area contributed by atoms with Gasteiger partial charge in [-0.2, -0.15) is 0 Å². The summed E-state index contributed by atoms with van der Waals surface area (Å²) in [6.45, 7) is 0. The highest BCUT2D eigenvalue weighted by Gasteiger charge is 2.26. The van der Waals surface area contributed by atoms with Crippen molar-refractivity contribution in [3.05, 3.63) is 83.2 Å². The largest absolute Gasteiger partial charge is 0.204 e. The molecule has 0 saturated carbocycles. The highest BCUT2D eigenvalue weighted by Crippen LogP contribution is 2.33. The van der Waals surface area contributed by atoms with Crippen LogP contribution in [0.3, 0.4) is 0 Å². The molecule has 0 atom stereocenters.